The summed E-state index contributed by atoms with van der Waals surface area (Å²) < 4.78 is 27.1. The lowest BCUT2D eigenvalue weighted by Crippen LogP contribution is -2.43. The lowest BCUT2D eigenvalue weighted by Gasteiger charge is -2.28. The monoisotopic (exact) mass is 302 g/mol. The number of ether oxygens (including phenoxy) is 5. The van der Waals surface area contributed by atoms with Crippen LogP contribution < -0.4 is 0 Å². The largest absolute Gasteiger partial charge is 0.463 e. The Labute approximate surface area is 123 Å². The second-order valence-electron chi connectivity index (χ2n) is 5.46. The highest BCUT2D eigenvalue weighted by atomic mass is 16.8. The van der Waals surface area contributed by atoms with Crippen molar-refractivity contribution in [1.82, 2.24) is 0 Å². The molecule has 0 aromatic carbocycles. The molecule has 2 heterocycles. The third-order valence-corrected chi connectivity index (χ3v) is 3.50. The molecule has 0 bridgehead atoms. The molecule has 5 atom stereocenters. The average molecular weight is 302 g/mol. The van der Waals surface area contributed by atoms with Crippen LogP contribution in [0.5, 0.6) is 0 Å². The smallest absolute Gasteiger partial charge is 0.336 e. The number of methoxy groups -OCH3 is 1. The lowest BCUT2D eigenvalue weighted by molar-refractivity contribution is -0.225. The number of carbonyl (C=O) groups excluding carboxylic acids is 1. The van der Waals surface area contributed by atoms with Gasteiger partial charge in [-0.3, -0.25) is 0 Å². The predicted octanol–water partition coefficient (Wildman–Crippen LogP) is 0.358. The summed E-state index contributed by atoms with van der Waals surface area (Å²) in [6.07, 6.45) is -3.76. The minimum absolute atomic E-state index is 0.0804. The second-order valence-corrected chi connectivity index (χ2v) is 5.46. The van der Waals surface area contributed by atoms with Crippen molar-refractivity contribution in [3.05, 3.63) is 12.2 Å². The van der Waals surface area contributed by atoms with Crippen molar-refractivity contribution in [3.8, 4) is 0 Å². The molecule has 2 aliphatic heterocycles. The van der Waals surface area contributed by atoms with Gasteiger partial charge >= 0.3 is 5.97 Å². The quantitative estimate of drug-likeness (QED) is 0.580. The number of hydrogen-bond donors (Lipinski definition) is 1. The lowest BCUT2D eigenvalue weighted by atomic mass is 10.00. The fourth-order valence-electron chi connectivity index (χ4n) is 2.57. The third-order valence-electron chi connectivity index (χ3n) is 3.50. The van der Waals surface area contributed by atoms with Gasteiger partial charge in [0.1, 0.15) is 24.4 Å². The van der Waals surface area contributed by atoms with Gasteiger partial charge in [0, 0.05) is 7.11 Å². The molecule has 0 aromatic heterocycles. The van der Waals surface area contributed by atoms with E-state index in [1.54, 1.807) is 20.8 Å². The predicted molar refractivity (Wildman–Crippen MR) is 71.3 cm³/mol. The molecule has 120 valence electrons. The first-order valence-corrected chi connectivity index (χ1v) is 6.88. The van der Waals surface area contributed by atoms with Crippen molar-refractivity contribution in [2.45, 2.75) is 57.3 Å². The first-order valence-electron chi connectivity index (χ1n) is 6.88. The van der Waals surface area contributed by atoms with Gasteiger partial charge in [0.25, 0.3) is 0 Å². The van der Waals surface area contributed by atoms with Crippen molar-refractivity contribution in [3.63, 3.8) is 0 Å². The second kappa shape index (κ2) is 6.02. The highest BCUT2D eigenvalue weighted by molar-refractivity contribution is 5.88. The molecular formula is C14H22O7. The first-order chi connectivity index (χ1) is 9.80. The van der Waals surface area contributed by atoms with Crippen LogP contribution in [0.4, 0.5) is 0 Å². The molecule has 7 heteroatoms. The molecule has 2 aliphatic rings. The molecule has 0 aromatic rings. The molecule has 0 saturated carbocycles. The van der Waals surface area contributed by atoms with Gasteiger partial charge in [-0.1, -0.05) is 6.58 Å². The number of fused-ring (bicyclic) bond motifs is 1. The standard InChI is InChI=1S/C14H22O7/c1-6-18-12(16)7(2)8(15)9-10(17-5)11-13(19-9)21-14(3,4)20-11/h8-11,13,15H,2,6H2,1,3-5H3/t8?,9-,10+,11-,13-/m1/s1. The summed E-state index contributed by atoms with van der Waals surface area (Å²) in [5.74, 6) is -1.44. The van der Waals surface area contributed by atoms with E-state index in [1.165, 1.54) is 7.11 Å². The Hall–Kier alpha value is -0.990. The van der Waals surface area contributed by atoms with E-state index in [-0.39, 0.29) is 12.2 Å². The van der Waals surface area contributed by atoms with Crippen LogP contribution in [0.25, 0.3) is 0 Å². The van der Waals surface area contributed by atoms with Gasteiger partial charge in [-0.05, 0) is 20.8 Å². The number of aliphatic hydroxyl groups excluding tert-OH is 1. The van der Waals surface area contributed by atoms with Crippen LogP contribution in [0, 0.1) is 0 Å². The maximum absolute atomic E-state index is 11.6. The van der Waals surface area contributed by atoms with Crippen molar-refractivity contribution in [1.29, 1.82) is 0 Å². The molecule has 2 rings (SSSR count). The van der Waals surface area contributed by atoms with Gasteiger partial charge in [0.2, 0.25) is 0 Å². The van der Waals surface area contributed by atoms with Crippen molar-refractivity contribution >= 4 is 5.97 Å². The van der Waals surface area contributed by atoms with E-state index in [9.17, 15) is 9.90 Å². The summed E-state index contributed by atoms with van der Waals surface area (Å²) in [7, 11) is 1.48. The molecule has 7 nitrogen and oxygen atoms in total. The molecule has 2 fully saturated rings. The number of aliphatic hydroxyl groups is 1. The molecule has 0 spiro atoms. The van der Waals surface area contributed by atoms with Gasteiger partial charge < -0.3 is 28.8 Å². The van der Waals surface area contributed by atoms with Crippen molar-refractivity contribution < 1.29 is 33.6 Å². The summed E-state index contributed by atoms with van der Waals surface area (Å²) in [5, 5.41) is 10.3. The van der Waals surface area contributed by atoms with Crippen LogP contribution in [0.15, 0.2) is 12.2 Å². The van der Waals surface area contributed by atoms with E-state index < -0.39 is 42.5 Å². The Balaban J connectivity index is 2.08. The van der Waals surface area contributed by atoms with E-state index in [4.69, 9.17) is 23.7 Å². The number of carbonyl (C=O) groups is 1. The van der Waals surface area contributed by atoms with Gasteiger partial charge in [0.05, 0.1) is 12.2 Å². The van der Waals surface area contributed by atoms with Gasteiger partial charge in [-0.2, -0.15) is 0 Å². The number of rotatable bonds is 5. The Kier molecular flexibility index (Phi) is 4.69. The minimum atomic E-state index is -1.25. The third kappa shape index (κ3) is 3.12. The SMILES string of the molecule is C=C(C(=O)OCC)C(O)[C@H]1O[C@@H]2OC(C)(C)O[C@@H]2[C@H]1OC. The molecule has 0 aliphatic carbocycles. The molecule has 2 saturated heterocycles. The number of esters is 1. The van der Waals surface area contributed by atoms with Crippen LogP contribution in [0.3, 0.4) is 0 Å². The topological polar surface area (TPSA) is 83.5 Å². The van der Waals surface area contributed by atoms with Crippen LogP contribution in [-0.4, -0.2) is 61.3 Å². The normalized spacial score (nSPS) is 35.3. The Morgan fingerprint density at radius 3 is 2.67 bits per heavy atom. The first kappa shape index (κ1) is 16.4. The molecule has 1 N–H and O–H groups in total. The molecule has 1 unspecified atom stereocenters. The number of hydrogen-bond acceptors (Lipinski definition) is 7. The van der Waals surface area contributed by atoms with E-state index in [0.29, 0.717) is 0 Å². The Morgan fingerprint density at radius 2 is 2.10 bits per heavy atom. The highest BCUT2D eigenvalue weighted by Crippen LogP contribution is 2.40. The van der Waals surface area contributed by atoms with E-state index >= 15 is 0 Å². The van der Waals surface area contributed by atoms with Crippen LogP contribution in [-0.2, 0) is 28.5 Å². The van der Waals surface area contributed by atoms with Crippen LogP contribution in [0.2, 0.25) is 0 Å². The molecule has 0 radical (unpaired) electrons. The summed E-state index contributed by atoms with van der Waals surface area (Å²) in [4.78, 5) is 11.6. The zero-order valence-electron chi connectivity index (χ0n) is 12.7. The maximum Gasteiger partial charge on any atom is 0.336 e. The van der Waals surface area contributed by atoms with Crippen LogP contribution >= 0.6 is 0 Å². The van der Waals surface area contributed by atoms with E-state index in [2.05, 4.69) is 6.58 Å². The summed E-state index contributed by atoms with van der Waals surface area (Å²) in [5.41, 5.74) is -0.0804. The average Bonchev–Trinajstić information content (AvgIpc) is 2.88. The van der Waals surface area contributed by atoms with E-state index in [0.717, 1.165) is 0 Å². The summed E-state index contributed by atoms with van der Waals surface area (Å²) >= 11 is 0. The summed E-state index contributed by atoms with van der Waals surface area (Å²) in [6.45, 7) is 8.98. The van der Waals surface area contributed by atoms with Gasteiger partial charge in [-0.15, -0.1) is 0 Å². The molecule has 21 heavy (non-hydrogen) atoms. The summed E-state index contributed by atoms with van der Waals surface area (Å²) in [6, 6.07) is 0. The zero-order chi connectivity index (χ0) is 15.8. The van der Waals surface area contributed by atoms with Crippen molar-refractivity contribution in [2.24, 2.45) is 0 Å². The minimum Gasteiger partial charge on any atom is -0.463 e. The fourth-order valence-corrected chi connectivity index (χ4v) is 2.57. The van der Waals surface area contributed by atoms with Gasteiger partial charge in [-0.25, -0.2) is 4.79 Å². The maximum atomic E-state index is 11.6. The zero-order valence-corrected chi connectivity index (χ0v) is 12.7. The molecule has 0 amide bonds. The van der Waals surface area contributed by atoms with Gasteiger partial charge in [0.15, 0.2) is 12.1 Å². The van der Waals surface area contributed by atoms with Crippen molar-refractivity contribution in [2.75, 3.05) is 13.7 Å². The fraction of sp³-hybridized carbons (Fsp3) is 0.786. The Bertz CT molecular complexity index is 420. The van der Waals surface area contributed by atoms with E-state index in [1.807, 2.05) is 0 Å². The Morgan fingerprint density at radius 1 is 1.43 bits per heavy atom. The molecular weight excluding hydrogens is 280 g/mol. The van der Waals surface area contributed by atoms with Crippen LogP contribution in [0.1, 0.15) is 20.8 Å². The highest BCUT2D eigenvalue weighted by Gasteiger charge is 2.57.